The molecule has 0 unspecified atom stereocenters. The van der Waals surface area contributed by atoms with Gasteiger partial charge in [0.15, 0.2) is 17.7 Å². The van der Waals surface area contributed by atoms with Crippen LogP contribution in [0.15, 0.2) is 29.2 Å². The number of ether oxygens (including phenoxy) is 4. The Morgan fingerprint density at radius 1 is 0.476 bits per heavy atom. The van der Waals surface area contributed by atoms with Gasteiger partial charge in [-0.05, 0) is 37.5 Å². The molecule has 82 heavy (non-hydrogen) atoms. The zero-order valence-corrected chi connectivity index (χ0v) is 53.1. The van der Waals surface area contributed by atoms with Crippen molar-refractivity contribution in [1.29, 1.82) is 0 Å². The van der Waals surface area contributed by atoms with Crippen molar-refractivity contribution >= 4 is 11.7 Å². The van der Waals surface area contributed by atoms with E-state index in [0.717, 1.165) is 43.1 Å². The van der Waals surface area contributed by atoms with E-state index in [-0.39, 0.29) is 11.4 Å². The maximum absolute atomic E-state index is 14.1. The number of amides is 1. The molecule has 0 radical (unpaired) electrons. The molecule has 474 valence electrons. The average molecular weight is 1150 g/mol. The molecule has 4 atom stereocenters. The fourth-order valence-electron chi connectivity index (χ4n) is 11.5. The molecule has 0 saturated carbocycles. The number of nitrogens with zero attached hydrogens (tertiary/aromatic N) is 2. The Kier molecular flexibility index (Phi) is 45.5. The van der Waals surface area contributed by atoms with Crippen LogP contribution in [0.3, 0.4) is 0 Å². The van der Waals surface area contributed by atoms with Gasteiger partial charge in [-0.25, -0.2) is 4.79 Å². The number of benzene rings is 1. The second kappa shape index (κ2) is 51.1. The van der Waals surface area contributed by atoms with E-state index < -0.39 is 42.7 Å². The molecule has 4 N–H and O–H groups in total. The molecule has 1 aromatic heterocycles. The highest BCUT2D eigenvalue weighted by Crippen LogP contribution is 2.40. The van der Waals surface area contributed by atoms with Crippen LogP contribution in [0.5, 0.6) is 17.2 Å². The number of anilines is 1. The summed E-state index contributed by atoms with van der Waals surface area (Å²) < 4.78 is 26.3. The molecule has 1 aliphatic rings. The highest BCUT2D eigenvalue weighted by molar-refractivity contribution is 6.04. The van der Waals surface area contributed by atoms with Crippen LogP contribution < -0.4 is 25.2 Å². The van der Waals surface area contributed by atoms with E-state index in [1.807, 2.05) is 0 Å². The predicted octanol–water partition coefficient (Wildman–Crippen LogP) is 19.0. The van der Waals surface area contributed by atoms with Gasteiger partial charge in [-0.2, -0.15) is 4.98 Å². The Labute approximate surface area is 501 Å². The molecule has 2 aromatic rings. The molecule has 3 rings (SSSR count). The van der Waals surface area contributed by atoms with Gasteiger partial charge in [0.25, 0.3) is 5.91 Å². The summed E-state index contributed by atoms with van der Waals surface area (Å²) >= 11 is 0. The summed E-state index contributed by atoms with van der Waals surface area (Å²) in [5, 5.41) is 33.2. The summed E-state index contributed by atoms with van der Waals surface area (Å²) in [5.41, 5.74) is -0.510. The minimum Gasteiger partial charge on any atom is -0.490 e. The highest BCUT2D eigenvalue weighted by atomic mass is 16.6. The van der Waals surface area contributed by atoms with Crippen molar-refractivity contribution < 1.29 is 39.1 Å². The van der Waals surface area contributed by atoms with Gasteiger partial charge in [-0.15, -0.1) is 0 Å². The van der Waals surface area contributed by atoms with E-state index in [9.17, 15) is 24.9 Å². The SMILES string of the molecule is CCCCCCCCCCCCCCCCCCOc1cc(C(=O)Nc2ccn([C@@H]3O[C@H](CO)[C@@H](O)[C@H]3O)c(=O)n2)cc(OCCCCCCCCCCCCCCCCCC)c1OCCCCCCCCCCCCCCCCCC. The Balaban J connectivity index is 1.61. The van der Waals surface area contributed by atoms with Crippen molar-refractivity contribution in [3.63, 3.8) is 0 Å². The van der Waals surface area contributed by atoms with Gasteiger partial charge < -0.3 is 39.6 Å². The molecule has 1 saturated heterocycles. The second-order valence-corrected chi connectivity index (χ2v) is 24.4. The van der Waals surface area contributed by atoms with E-state index in [4.69, 9.17) is 18.9 Å². The number of carbonyl (C=O) groups is 1. The molecule has 0 aliphatic carbocycles. The molecule has 2 heterocycles. The Bertz CT molecular complexity index is 1800. The van der Waals surface area contributed by atoms with Crippen LogP contribution in [0.25, 0.3) is 0 Å². The number of unbranched alkanes of at least 4 members (excludes halogenated alkanes) is 45. The first-order valence-electron chi connectivity index (χ1n) is 34.9. The van der Waals surface area contributed by atoms with E-state index in [0.29, 0.717) is 37.1 Å². The Morgan fingerprint density at radius 3 is 1.07 bits per heavy atom. The minimum atomic E-state index is -1.45. The molecule has 1 amide bonds. The molecule has 1 fully saturated rings. The third-order valence-electron chi connectivity index (χ3n) is 16.9. The van der Waals surface area contributed by atoms with Crippen LogP contribution in [0, 0.1) is 0 Å². The lowest BCUT2D eigenvalue weighted by Gasteiger charge is -2.19. The van der Waals surface area contributed by atoms with Crippen molar-refractivity contribution in [1.82, 2.24) is 9.55 Å². The first-order chi connectivity index (χ1) is 40.3. The molecule has 0 bridgehead atoms. The molecule has 1 aromatic carbocycles. The first-order valence-corrected chi connectivity index (χ1v) is 34.9. The lowest BCUT2D eigenvalue weighted by Crippen LogP contribution is -2.36. The number of aromatic nitrogens is 2. The van der Waals surface area contributed by atoms with Crippen molar-refractivity contribution in [3.8, 4) is 17.2 Å². The first kappa shape index (κ1) is 73.1. The van der Waals surface area contributed by atoms with Crippen LogP contribution in [-0.4, -0.2) is 75.5 Å². The summed E-state index contributed by atoms with van der Waals surface area (Å²) in [7, 11) is 0. The molecular formula is C70H125N3O9. The van der Waals surface area contributed by atoms with Gasteiger partial charge in [-0.3, -0.25) is 9.36 Å². The van der Waals surface area contributed by atoms with Crippen LogP contribution in [-0.2, 0) is 4.74 Å². The van der Waals surface area contributed by atoms with Gasteiger partial charge in [0, 0.05) is 11.8 Å². The minimum absolute atomic E-state index is 0.00749. The highest BCUT2D eigenvalue weighted by Gasteiger charge is 2.43. The van der Waals surface area contributed by atoms with Gasteiger partial charge in [0.2, 0.25) is 5.75 Å². The van der Waals surface area contributed by atoms with Gasteiger partial charge in [0.1, 0.15) is 24.1 Å². The van der Waals surface area contributed by atoms with Gasteiger partial charge >= 0.3 is 5.69 Å². The summed E-state index contributed by atoms with van der Waals surface area (Å²) in [4.78, 5) is 31.4. The van der Waals surface area contributed by atoms with Crippen molar-refractivity contribution in [2.45, 2.75) is 354 Å². The Hall–Kier alpha value is -3.19. The lowest BCUT2D eigenvalue weighted by molar-refractivity contribution is -0.0549. The van der Waals surface area contributed by atoms with Crippen molar-refractivity contribution in [3.05, 3.63) is 40.4 Å². The third-order valence-corrected chi connectivity index (χ3v) is 16.9. The summed E-state index contributed by atoms with van der Waals surface area (Å²) in [6.07, 6.45) is 58.4. The standard InChI is InChI=1S/C70H125N3O9/c1-4-7-10-13-16-19-22-25-28-31-34-37-40-43-46-49-54-79-61-57-60(68(77)71-64-52-53-73(70(78)72-64)69-66(76)65(75)63(59-74)82-69)58-62(80-55-50-47-44-41-38-35-32-29-26-23-20-17-14-11-8-5-2)67(61)81-56-51-48-45-42-39-36-33-30-27-24-21-18-15-12-9-6-3/h52-53,57-58,63,65-66,69,74-76H,4-51,54-56,59H2,1-3H3,(H,71,72,77,78)/t63-,65-,66-,69-/m1/s1. The molecule has 0 spiro atoms. The van der Waals surface area contributed by atoms with E-state index in [1.165, 1.54) is 282 Å². The number of aliphatic hydroxyl groups excluding tert-OH is 3. The zero-order chi connectivity index (χ0) is 58.8. The average Bonchev–Trinajstić information content (AvgIpc) is 3.89. The van der Waals surface area contributed by atoms with Crippen LogP contribution in [0.2, 0.25) is 0 Å². The summed E-state index contributed by atoms with van der Waals surface area (Å²) in [6.45, 7) is 7.81. The van der Waals surface area contributed by atoms with E-state index in [2.05, 4.69) is 31.1 Å². The number of nitrogens with one attached hydrogen (secondary N) is 1. The van der Waals surface area contributed by atoms with Crippen molar-refractivity contribution in [2.75, 3.05) is 31.7 Å². The van der Waals surface area contributed by atoms with E-state index >= 15 is 0 Å². The van der Waals surface area contributed by atoms with Crippen LogP contribution >= 0.6 is 0 Å². The van der Waals surface area contributed by atoms with Gasteiger partial charge in [0.05, 0.1) is 26.4 Å². The number of aliphatic hydroxyl groups is 3. The lowest BCUT2D eigenvalue weighted by atomic mass is 10.0. The van der Waals surface area contributed by atoms with Gasteiger partial charge in [-0.1, -0.05) is 310 Å². The smallest absolute Gasteiger partial charge is 0.351 e. The fraction of sp³-hybridized carbons (Fsp3) is 0.843. The number of hydrogen-bond acceptors (Lipinski definition) is 10. The quantitative estimate of drug-likeness (QED) is 0.0469. The number of hydrogen-bond donors (Lipinski definition) is 4. The topological polar surface area (TPSA) is 162 Å². The van der Waals surface area contributed by atoms with Crippen LogP contribution in [0.4, 0.5) is 5.82 Å². The second-order valence-electron chi connectivity index (χ2n) is 24.4. The molecule has 1 aliphatic heterocycles. The molecule has 12 heteroatoms. The fourth-order valence-corrected chi connectivity index (χ4v) is 11.5. The molecular weight excluding hydrogens is 1030 g/mol. The maximum atomic E-state index is 14.1. The predicted molar refractivity (Wildman–Crippen MR) is 341 cm³/mol. The van der Waals surface area contributed by atoms with Crippen molar-refractivity contribution in [2.24, 2.45) is 0 Å². The number of carbonyl (C=O) groups excluding carboxylic acids is 1. The number of rotatable bonds is 58. The third kappa shape index (κ3) is 34.7. The normalized spacial score (nSPS) is 16.1. The largest absolute Gasteiger partial charge is 0.490 e. The molecule has 12 nitrogen and oxygen atoms in total. The zero-order valence-electron chi connectivity index (χ0n) is 53.1. The summed E-state index contributed by atoms with van der Waals surface area (Å²) in [6, 6.07) is 4.87. The Morgan fingerprint density at radius 2 is 0.780 bits per heavy atom. The maximum Gasteiger partial charge on any atom is 0.351 e. The monoisotopic (exact) mass is 1150 g/mol. The summed E-state index contributed by atoms with van der Waals surface area (Å²) in [5.74, 6) is 0.985. The van der Waals surface area contributed by atoms with Crippen LogP contribution in [0.1, 0.15) is 346 Å². The van der Waals surface area contributed by atoms with E-state index in [1.54, 1.807) is 12.1 Å².